The lowest BCUT2D eigenvalue weighted by Crippen LogP contribution is -2.66. The number of esters is 3. The van der Waals surface area contributed by atoms with Crippen LogP contribution in [0.4, 0.5) is 0 Å². The fraction of sp³-hybridized carbons (Fsp3) is 0.852. The minimum Gasteiger partial charge on any atom is -0.463 e. The first-order valence-electron chi connectivity index (χ1n) is 13.7. The van der Waals surface area contributed by atoms with Crippen molar-refractivity contribution in [1.82, 2.24) is 0 Å². The van der Waals surface area contributed by atoms with Crippen LogP contribution in [0.1, 0.15) is 40.5 Å². The Morgan fingerprint density at radius 1 is 0.667 bits per heavy atom. The maximum Gasteiger partial charge on any atom is 0.306 e. The summed E-state index contributed by atoms with van der Waals surface area (Å²) in [5, 5.41) is 0. The average molecular weight is 625 g/mol. The number of hydrogen-bond donors (Lipinski definition) is 0. The lowest BCUT2D eigenvalue weighted by atomic mass is 9.96. The second kappa shape index (κ2) is 18.1. The van der Waals surface area contributed by atoms with Gasteiger partial charge >= 0.3 is 17.9 Å². The van der Waals surface area contributed by atoms with Gasteiger partial charge in [-0.25, -0.2) is 0 Å². The molecule has 0 bridgehead atoms. The zero-order valence-corrected chi connectivity index (χ0v) is 26.2. The molecule has 15 heteroatoms. The lowest BCUT2D eigenvalue weighted by molar-refractivity contribution is -0.346. The van der Waals surface area contributed by atoms with E-state index in [0.717, 1.165) is 5.75 Å². The molecule has 10 atom stereocenters. The van der Waals surface area contributed by atoms with Gasteiger partial charge in [0.1, 0.15) is 67.2 Å². The van der Waals surface area contributed by atoms with Gasteiger partial charge in [-0.3, -0.25) is 14.4 Å². The van der Waals surface area contributed by atoms with E-state index in [0.29, 0.717) is 0 Å². The summed E-state index contributed by atoms with van der Waals surface area (Å²) < 4.78 is 58.1. The normalized spacial score (nSPS) is 33.0. The van der Waals surface area contributed by atoms with Crippen LogP contribution in [-0.2, 0) is 66.5 Å². The van der Waals surface area contributed by atoms with E-state index in [1.807, 2.05) is 6.92 Å². The van der Waals surface area contributed by atoms with Crippen LogP contribution in [0.25, 0.3) is 0 Å². The standard InChI is InChI=1S/C27H44O14S/c1-9-42-27-25(35-8)23(33-6)21(18(39-27)13-37-16(4)30)41-26-24(34-7)22(32-5)20(17(38-26)12-36-15(3)29)40-19(31)11-10-14(2)28/h17-18,20-27H,9-13H2,1-8H3/t17-,18-,20-,21-,22+,23+,24-,25-,26-,27+/m1/s1. The summed E-state index contributed by atoms with van der Waals surface area (Å²) >= 11 is 1.50. The topological polar surface area (TPSA) is 161 Å². The molecule has 0 aromatic rings. The highest BCUT2D eigenvalue weighted by atomic mass is 32.2. The number of methoxy groups -OCH3 is 4. The minimum absolute atomic E-state index is 0.0000991. The fourth-order valence-corrected chi connectivity index (χ4v) is 5.82. The molecule has 0 aliphatic carbocycles. The first-order valence-corrected chi connectivity index (χ1v) is 14.7. The molecule has 0 aromatic heterocycles. The van der Waals surface area contributed by atoms with Crippen LogP contribution in [0.3, 0.4) is 0 Å². The van der Waals surface area contributed by atoms with Gasteiger partial charge in [-0.1, -0.05) is 6.92 Å². The van der Waals surface area contributed by atoms with Gasteiger partial charge in [0.25, 0.3) is 0 Å². The number of ketones is 1. The second-order valence-corrected chi connectivity index (χ2v) is 11.1. The molecule has 0 unspecified atom stereocenters. The molecule has 2 fully saturated rings. The number of carbonyl (C=O) groups excluding carboxylic acids is 4. The van der Waals surface area contributed by atoms with Gasteiger partial charge in [-0.15, -0.1) is 11.8 Å². The smallest absolute Gasteiger partial charge is 0.306 e. The molecule has 2 aliphatic rings. The van der Waals surface area contributed by atoms with Crippen molar-refractivity contribution in [3.63, 3.8) is 0 Å². The van der Waals surface area contributed by atoms with Gasteiger partial charge in [0, 0.05) is 48.7 Å². The highest BCUT2D eigenvalue weighted by Gasteiger charge is 2.54. The van der Waals surface area contributed by atoms with Gasteiger partial charge in [0.2, 0.25) is 0 Å². The quantitative estimate of drug-likeness (QED) is 0.177. The number of hydrogen-bond acceptors (Lipinski definition) is 15. The van der Waals surface area contributed by atoms with Crippen LogP contribution in [0.5, 0.6) is 0 Å². The molecule has 2 rings (SSSR count). The Morgan fingerprint density at radius 2 is 1.19 bits per heavy atom. The molecule has 0 saturated carbocycles. The van der Waals surface area contributed by atoms with Crippen molar-refractivity contribution < 1.29 is 66.5 Å². The van der Waals surface area contributed by atoms with Gasteiger partial charge in [-0.05, 0) is 12.7 Å². The van der Waals surface area contributed by atoms with Crippen molar-refractivity contribution in [2.24, 2.45) is 0 Å². The average Bonchev–Trinajstić information content (AvgIpc) is 2.94. The molecule has 242 valence electrons. The Labute approximate surface area is 250 Å². The van der Waals surface area contributed by atoms with Crippen molar-refractivity contribution in [2.75, 3.05) is 47.4 Å². The van der Waals surface area contributed by atoms with Crippen LogP contribution >= 0.6 is 11.8 Å². The van der Waals surface area contributed by atoms with Crippen LogP contribution in [0, 0.1) is 0 Å². The Kier molecular flexibility index (Phi) is 15.6. The first kappa shape index (κ1) is 36.3. The largest absolute Gasteiger partial charge is 0.463 e. The van der Waals surface area contributed by atoms with E-state index >= 15 is 0 Å². The van der Waals surface area contributed by atoms with E-state index in [1.54, 1.807) is 0 Å². The lowest BCUT2D eigenvalue weighted by Gasteiger charge is -2.49. The highest BCUT2D eigenvalue weighted by Crippen LogP contribution is 2.36. The molecule has 2 heterocycles. The number of ether oxygens (including phenoxy) is 10. The van der Waals surface area contributed by atoms with Crippen molar-refractivity contribution in [3.8, 4) is 0 Å². The highest BCUT2D eigenvalue weighted by molar-refractivity contribution is 7.99. The molecular formula is C27H44O14S. The van der Waals surface area contributed by atoms with E-state index < -0.39 is 78.5 Å². The van der Waals surface area contributed by atoms with E-state index in [9.17, 15) is 19.2 Å². The van der Waals surface area contributed by atoms with E-state index in [4.69, 9.17) is 47.4 Å². The molecule has 0 spiro atoms. The van der Waals surface area contributed by atoms with Crippen LogP contribution < -0.4 is 0 Å². The fourth-order valence-electron chi connectivity index (χ4n) is 4.81. The Hall–Kier alpha value is -1.85. The molecule has 14 nitrogen and oxygen atoms in total. The monoisotopic (exact) mass is 624 g/mol. The molecule has 0 amide bonds. The Balaban J connectivity index is 2.42. The number of carbonyl (C=O) groups is 4. The van der Waals surface area contributed by atoms with E-state index in [2.05, 4.69) is 0 Å². The molecule has 2 aliphatic heterocycles. The van der Waals surface area contributed by atoms with E-state index in [-0.39, 0.29) is 31.8 Å². The summed E-state index contributed by atoms with van der Waals surface area (Å²) in [5.41, 5.74) is -0.446. The predicted molar refractivity (Wildman–Crippen MR) is 147 cm³/mol. The van der Waals surface area contributed by atoms with Crippen molar-refractivity contribution in [3.05, 3.63) is 0 Å². The zero-order valence-electron chi connectivity index (χ0n) is 25.4. The summed E-state index contributed by atoms with van der Waals surface area (Å²) in [7, 11) is 5.84. The molecule has 42 heavy (non-hydrogen) atoms. The summed E-state index contributed by atoms with van der Waals surface area (Å²) in [6.45, 7) is 5.43. The van der Waals surface area contributed by atoms with Crippen molar-refractivity contribution >= 4 is 35.5 Å². The van der Waals surface area contributed by atoms with Gasteiger partial charge < -0.3 is 52.2 Å². The summed E-state index contributed by atoms with van der Waals surface area (Å²) in [6.07, 6.45) is -8.25. The zero-order chi connectivity index (χ0) is 31.4. The molecule has 0 N–H and O–H groups in total. The minimum atomic E-state index is -1.17. The molecular weight excluding hydrogens is 580 g/mol. The second-order valence-electron chi connectivity index (χ2n) is 9.70. The Morgan fingerprint density at radius 3 is 1.67 bits per heavy atom. The van der Waals surface area contributed by atoms with Gasteiger partial charge in [-0.2, -0.15) is 0 Å². The summed E-state index contributed by atoms with van der Waals surface area (Å²) in [6, 6.07) is 0. The number of Topliss-reactive ketones (excluding diaryl/α,β-unsaturated/α-hetero) is 1. The maximum absolute atomic E-state index is 12.6. The van der Waals surface area contributed by atoms with Crippen LogP contribution in [0.15, 0.2) is 0 Å². The maximum atomic E-state index is 12.6. The molecule has 2 saturated heterocycles. The number of rotatable bonds is 16. The number of thioether (sulfide) groups is 1. The van der Waals surface area contributed by atoms with Gasteiger partial charge in [0.05, 0.1) is 6.42 Å². The van der Waals surface area contributed by atoms with Crippen LogP contribution in [-0.4, -0.2) is 132 Å². The third-order valence-corrected chi connectivity index (χ3v) is 7.78. The molecule has 0 aromatic carbocycles. The van der Waals surface area contributed by atoms with Crippen LogP contribution in [0.2, 0.25) is 0 Å². The SMILES string of the molecule is CCS[C@@H]1O[C@H](COC(C)=O)[C@@H](O[C@H]2O[C@H](COC(C)=O)[C@@H](OC(=O)CCC(C)=O)[C@H](OC)[C@H]2OC)[C@H](OC)[C@H]1OC. The Bertz CT molecular complexity index is 887. The summed E-state index contributed by atoms with van der Waals surface area (Å²) in [5.74, 6) is -1.19. The first-order chi connectivity index (χ1) is 20.0. The third-order valence-electron chi connectivity index (χ3n) is 6.74. The van der Waals surface area contributed by atoms with E-state index in [1.165, 1.54) is 61.0 Å². The van der Waals surface area contributed by atoms with Crippen molar-refractivity contribution in [2.45, 2.75) is 101 Å². The third kappa shape index (κ3) is 10.1. The van der Waals surface area contributed by atoms with Crippen molar-refractivity contribution in [1.29, 1.82) is 0 Å². The van der Waals surface area contributed by atoms with Gasteiger partial charge in [0.15, 0.2) is 12.4 Å². The molecule has 0 radical (unpaired) electrons. The predicted octanol–water partition coefficient (Wildman–Crippen LogP) is 1.04. The summed E-state index contributed by atoms with van der Waals surface area (Å²) in [4.78, 5) is 47.3.